The van der Waals surface area contributed by atoms with Gasteiger partial charge in [-0.3, -0.25) is 14.9 Å². The van der Waals surface area contributed by atoms with Crippen molar-refractivity contribution < 1.29 is 4.79 Å². The molecule has 114 valence electrons. The van der Waals surface area contributed by atoms with Gasteiger partial charge in [0.25, 0.3) is 0 Å². The Kier molecular flexibility index (Phi) is 4.49. The van der Waals surface area contributed by atoms with Crippen LogP contribution in [0.15, 0.2) is 60.9 Å². The number of rotatable bonds is 4. The molecular formula is C17H13ClN4O. The third-order valence-electron chi connectivity index (χ3n) is 3.12. The van der Waals surface area contributed by atoms with Gasteiger partial charge in [0.1, 0.15) is 0 Å². The summed E-state index contributed by atoms with van der Waals surface area (Å²) in [5.74, 6) is 0.204. The Balaban J connectivity index is 1.64. The minimum atomic E-state index is -0.257. The molecule has 0 bridgehead atoms. The van der Waals surface area contributed by atoms with Gasteiger partial charge in [0.15, 0.2) is 5.82 Å². The van der Waals surface area contributed by atoms with Crippen LogP contribution < -0.4 is 5.32 Å². The molecule has 0 spiro atoms. The average molecular weight is 325 g/mol. The lowest BCUT2D eigenvalue weighted by atomic mass is 10.2. The number of halogens is 1. The number of benzene rings is 1. The van der Waals surface area contributed by atoms with Crippen LogP contribution in [0, 0.1) is 0 Å². The molecule has 1 amide bonds. The summed E-state index contributed by atoms with van der Waals surface area (Å²) in [6.07, 6.45) is 6.55. The van der Waals surface area contributed by atoms with E-state index in [1.54, 1.807) is 36.7 Å². The number of nitrogens with zero attached hydrogens (tertiary/aromatic N) is 2. The van der Waals surface area contributed by atoms with E-state index >= 15 is 0 Å². The number of H-pyrrole nitrogens is 1. The minimum Gasteiger partial charge on any atom is -0.306 e. The maximum Gasteiger partial charge on any atom is 0.249 e. The van der Waals surface area contributed by atoms with Gasteiger partial charge in [-0.1, -0.05) is 23.7 Å². The molecule has 5 nitrogen and oxygen atoms in total. The molecule has 6 heteroatoms. The van der Waals surface area contributed by atoms with E-state index in [9.17, 15) is 4.79 Å². The van der Waals surface area contributed by atoms with Crippen molar-refractivity contribution in [2.75, 3.05) is 5.32 Å². The fourth-order valence-corrected chi connectivity index (χ4v) is 2.10. The topological polar surface area (TPSA) is 70.7 Å². The van der Waals surface area contributed by atoms with E-state index in [1.165, 1.54) is 6.08 Å². The quantitative estimate of drug-likeness (QED) is 0.717. The number of aromatic amines is 1. The predicted octanol–water partition coefficient (Wildman–Crippen LogP) is 3.78. The lowest BCUT2D eigenvalue weighted by Crippen LogP contribution is -2.07. The molecule has 0 saturated heterocycles. The van der Waals surface area contributed by atoms with Gasteiger partial charge in [0.2, 0.25) is 5.91 Å². The van der Waals surface area contributed by atoms with Gasteiger partial charge in [0.05, 0.1) is 5.69 Å². The van der Waals surface area contributed by atoms with Crippen molar-refractivity contribution in [1.29, 1.82) is 0 Å². The van der Waals surface area contributed by atoms with Crippen LogP contribution in [-0.2, 0) is 4.79 Å². The van der Waals surface area contributed by atoms with E-state index in [-0.39, 0.29) is 5.91 Å². The van der Waals surface area contributed by atoms with Crippen molar-refractivity contribution in [2.45, 2.75) is 0 Å². The summed E-state index contributed by atoms with van der Waals surface area (Å²) in [6, 6.07) is 12.7. The molecule has 2 heterocycles. The summed E-state index contributed by atoms with van der Waals surface area (Å²) < 4.78 is 0. The fourth-order valence-electron chi connectivity index (χ4n) is 1.98. The lowest BCUT2D eigenvalue weighted by molar-refractivity contribution is -0.111. The van der Waals surface area contributed by atoms with Gasteiger partial charge < -0.3 is 5.32 Å². The first-order chi connectivity index (χ1) is 11.2. The highest BCUT2D eigenvalue weighted by Gasteiger charge is 2.05. The first kappa shape index (κ1) is 15.0. The largest absolute Gasteiger partial charge is 0.306 e. The molecule has 0 fully saturated rings. The normalized spacial score (nSPS) is 10.8. The summed E-state index contributed by atoms with van der Waals surface area (Å²) in [4.78, 5) is 15.9. The maximum absolute atomic E-state index is 11.9. The number of aromatic nitrogens is 3. The lowest BCUT2D eigenvalue weighted by Gasteiger charge is -1.96. The number of carbonyl (C=O) groups is 1. The molecule has 2 N–H and O–H groups in total. The number of amides is 1. The van der Waals surface area contributed by atoms with Gasteiger partial charge in [-0.15, -0.1) is 0 Å². The van der Waals surface area contributed by atoms with Crippen molar-refractivity contribution in [3.05, 3.63) is 71.5 Å². The monoisotopic (exact) mass is 324 g/mol. The average Bonchev–Trinajstić information content (AvgIpc) is 3.04. The van der Waals surface area contributed by atoms with Crippen molar-refractivity contribution in [1.82, 2.24) is 15.2 Å². The standard InChI is InChI=1S/C17H13ClN4O/c18-14-4-1-12(2-5-14)3-6-17(23)20-16-11-15(21-22-16)13-7-9-19-10-8-13/h1-11H,(H2,20,21,22,23)/b6-3+. The minimum absolute atomic E-state index is 0.257. The van der Waals surface area contributed by atoms with Gasteiger partial charge >= 0.3 is 0 Å². The van der Waals surface area contributed by atoms with E-state index in [1.807, 2.05) is 24.3 Å². The first-order valence-electron chi connectivity index (χ1n) is 6.91. The van der Waals surface area contributed by atoms with Gasteiger partial charge in [-0.2, -0.15) is 5.10 Å². The van der Waals surface area contributed by atoms with Crippen LogP contribution in [0.25, 0.3) is 17.3 Å². The Bertz CT molecular complexity index is 825. The first-order valence-corrected chi connectivity index (χ1v) is 7.29. The van der Waals surface area contributed by atoms with E-state index < -0.39 is 0 Å². The highest BCUT2D eigenvalue weighted by molar-refractivity contribution is 6.30. The molecule has 23 heavy (non-hydrogen) atoms. The second kappa shape index (κ2) is 6.89. The summed E-state index contributed by atoms with van der Waals surface area (Å²) >= 11 is 5.82. The number of pyridine rings is 1. The molecule has 0 aliphatic carbocycles. The van der Waals surface area contributed by atoms with E-state index in [0.29, 0.717) is 10.8 Å². The molecule has 1 aromatic carbocycles. The van der Waals surface area contributed by atoms with Gasteiger partial charge in [0, 0.05) is 35.1 Å². The molecule has 0 aliphatic heterocycles. The summed E-state index contributed by atoms with van der Waals surface area (Å²) in [7, 11) is 0. The highest BCUT2D eigenvalue weighted by Crippen LogP contribution is 2.18. The number of hydrogen-bond acceptors (Lipinski definition) is 3. The van der Waals surface area contributed by atoms with Gasteiger partial charge in [-0.25, -0.2) is 0 Å². The Morgan fingerprint density at radius 1 is 1.13 bits per heavy atom. The third-order valence-corrected chi connectivity index (χ3v) is 3.37. The predicted molar refractivity (Wildman–Crippen MR) is 90.9 cm³/mol. The molecule has 0 atom stereocenters. The van der Waals surface area contributed by atoms with E-state index in [4.69, 9.17) is 11.6 Å². The maximum atomic E-state index is 11.9. The zero-order valence-corrected chi connectivity index (χ0v) is 12.8. The van der Waals surface area contributed by atoms with Crippen molar-refractivity contribution >= 4 is 29.4 Å². The van der Waals surface area contributed by atoms with Crippen LogP contribution in [0.5, 0.6) is 0 Å². The summed E-state index contributed by atoms with van der Waals surface area (Å²) in [6.45, 7) is 0. The van der Waals surface area contributed by atoms with Crippen molar-refractivity contribution in [2.24, 2.45) is 0 Å². The van der Waals surface area contributed by atoms with Crippen LogP contribution in [-0.4, -0.2) is 21.1 Å². The number of anilines is 1. The van der Waals surface area contributed by atoms with Crippen LogP contribution >= 0.6 is 11.6 Å². The molecule has 2 aromatic heterocycles. The summed E-state index contributed by atoms with van der Waals surface area (Å²) in [5.41, 5.74) is 2.65. The molecule has 0 unspecified atom stereocenters. The second-order valence-corrected chi connectivity index (χ2v) is 5.21. The smallest absolute Gasteiger partial charge is 0.249 e. The molecule has 3 rings (SSSR count). The third kappa shape index (κ3) is 4.05. The van der Waals surface area contributed by atoms with Crippen LogP contribution in [0.4, 0.5) is 5.82 Å². The van der Waals surface area contributed by atoms with Crippen LogP contribution in [0.3, 0.4) is 0 Å². The zero-order chi connectivity index (χ0) is 16.1. The van der Waals surface area contributed by atoms with E-state index in [2.05, 4.69) is 20.5 Å². The van der Waals surface area contributed by atoms with Crippen molar-refractivity contribution in [3.8, 4) is 11.3 Å². The summed E-state index contributed by atoms with van der Waals surface area (Å²) in [5, 5.41) is 10.3. The Morgan fingerprint density at radius 3 is 2.61 bits per heavy atom. The Labute approximate surface area is 138 Å². The van der Waals surface area contributed by atoms with Gasteiger partial charge in [-0.05, 0) is 35.9 Å². The molecule has 3 aromatic rings. The Morgan fingerprint density at radius 2 is 1.87 bits per heavy atom. The van der Waals surface area contributed by atoms with Crippen LogP contribution in [0.1, 0.15) is 5.56 Å². The highest BCUT2D eigenvalue weighted by atomic mass is 35.5. The number of nitrogens with one attached hydrogen (secondary N) is 2. The fraction of sp³-hybridized carbons (Fsp3) is 0. The van der Waals surface area contributed by atoms with E-state index in [0.717, 1.165) is 16.8 Å². The Hall–Kier alpha value is -2.92. The molecule has 0 aliphatic rings. The SMILES string of the molecule is O=C(/C=C/c1ccc(Cl)cc1)Nc1cc(-c2ccncc2)[nH]n1. The van der Waals surface area contributed by atoms with Crippen LogP contribution in [0.2, 0.25) is 5.02 Å². The zero-order valence-electron chi connectivity index (χ0n) is 12.0. The molecular weight excluding hydrogens is 312 g/mol. The number of carbonyl (C=O) groups excluding carboxylic acids is 1. The molecule has 0 radical (unpaired) electrons. The molecule has 0 saturated carbocycles. The van der Waals surface area contributed by atoms with Crippen molar-refractivity contribution in [3.63, 3.8) is 0 Å². The number of hydrogen-bond donors (Lipinski definition) is 2. The second-order valence-electron chi connectivity index (χ2n) is 4.78.